The lowest BCUT2D eigenvalue weighted by Gasteiger charge is -2.17. The molecule has 8 heteroatoms. The van der Waals surface area contributed by atoms with Gasteiger partial charge in [0.2, 0.25) is 11.3 Å². The number of benzene rings is 1. The third kappa shape index (κ3) is 6.38. The standard InChI is InChI=1S/C22H27N5O3/c1-22(2,30)16-23-21(29)9-6-11-26-15-18(14-24-26)27-12-10-20(28)19(25-27)13-17-7-4-3-5-8-17/h3-5,7-8,10,12,14-15,30H,6,9,11,13,16H2,1-2H3,(H,23,29). The summed E-state index contributed by atoms with van der Waals surface area (Å²) in [6.07, 6.45) is 6.58. The highest BCUT2D eigenvalue weighted by molar-refractivity contribution is 5.75. The number of rotatable bonds is 9. The Balaban J connectivity index is 1.59. The van der Waals surface area contributed by atoms with E-state index < -0.39 is 5.60 Å². The summed E-state index contributed by atoms with van der Waals surface area (Å²) in [5, 5.41) is 21.1. The van der Waals surface area contributed by atoms with Crippen molar-refractivity contribution in [2.24, 2.45) is 0 Å². The van der Waals surface area contributed by atoms with Crippen LogP contribution >= 0.6 is 0 Å². The zero-order chi connectivity index (χ0) is 21.6. The zero-order valence-corrected chi connectivity index (χ0v) is 17.3. The van der Waals surface area contributed by atoms with Gasteiger partial charge in [-0.3, -0.25) is 14.3 Å². The van der Waals surface area contributed by atoms with Crippen molar-refractivity contribution in [1.29, 1.82) is 0 Å². The maximum Gasteiger partial charge on any atom is 0.220 e. The summed E-state index contributed by atoms with van der Waals surface area (Å²) in [6, 6.07) is 11.3. The lowest BCUT2D eigenvalue weighted by Crippen LogP contribution is -2.38. The number of aryl methyl sites for hydroxylation is 1. The van der Waals surface area contributed by atoms with E-state index in [1.807, 2.05) is 36.5 Å². The van der Waals surface area contributed by atoms with Crippen LogP contribution in [0.3, 0.4) is 0 Å². The van der Waals surface area contributed by atoms with Crippen molar-refractivity contribution in [3.05, 3.63) is 76.5 Å². The van der Waals surface area contributed by atoms with Crippen LogP contribution in [-0.4, -0.2) is 42.7 Å². The molecule has 30 heavy (non-hydrogen) atoms. The number of hydrogen-bond acceptors (Lipinski definition) is 5. The normalized spacial score (nSPS) is 11.4. The summed E-state index contributed by atoms with van der Waals surface area (Å²) in [5.74, 6) is -0.0999. The van der Waals surface area contributed by atoms with Gasteiger partial charge in [0.25, 0.3) is 0 Å². The second-order valence-electron chi connectivity index (χ2n) is 7.89. The summed E-state index contributed by atoms with van der Waals surface area (Å²) in [7, 11) is 0. The van der Waals surface area contributed by atoms with E-state index >= 15 is 0 Å². The quantitative estimate of drug-likeness (QED) is 0.560. The maximum atomic E-state index is 12.2. The molecule has 158 valence electrons. The molecule has 0 bridgehead atoms. The topological polar surface area (TPSA) is 102 Å². The second-order valence-corrected chi connectivity index (χ2v) is 7.89. The maximum absolute atomic E-state index is 12.2. The van der Waals surface area contributed by atoms with Crippen molar-refractivity contribution in [2.45, 2.75) is 45.3 Å². The molecule has 8 nitrogen and oxygen atoms in total. The van der Waals surface area contributed by atoms with E-state index in [-0.39, 0.29) is 17.9 Å². The van der Waals surface area contributed by atoms with E-state index in [1.165, 1.54) is 6.07 Å². The Hall–Kier alpha value is -3.26. The SMILES string of the molecule is CC(C)(O)CNC(=O)CCCn1cc(-n2ccc(=O)c(Cc3ccccc3)n2)cn1. The number of aromatic nitrogens is 4. The fourth-order valence-electron chi connectivity index (χ4n) is 2.90. The molecule has 0 aliphatic heterocycles. The van der Waals surface area contributed by atoms with E-state index in [9.17, 15) is 14.7 Å². The molecule has 0 aliphatic carbocycles. The predicted octanol–water partition coefficient (Wildman–Crippen LogP) is 1.69. The van der Waals surface area contributed by atoms with Crippen LogP contribution in [-0.2, 0) is 17.8 Å². The van der Waals surface area contributed by atoms with Gasteiger partial charge >= 0.3 is 0 Å². The van der Waals surface area contributed by atoms with Crippen LogP contribution in [0.2, 0.25) is 0 Å². The molecule has 0 saturated heterocycles. The fraction of sp³-hybridized carbons (Fsp3) is 0.364. The van der Waals surface area contributed by atoms with Gasteiger partial charge in [-0.2, -0.15) is 10.2 Å². The van der Waals surface area contributed by atoms with Gasteiger partial charge in [0.05, 0.1) is 18.0 Å². The summed E-state index contributed by atoms with van der Waals surface area (Å²) in [5.41, 5.74) is 1.23. The molecular formula is C22H27N5O3. The first-order valence-electron chi connectivity index (χ1n) is 9.95. The number of hydrogen-bond donors (Lipinski definition) is 2. The largest absolute Gasteiger partial charge is 0.389 e. The van der Waals surface area contributed by atoms with Gasteiger partial charge in [0.15, 0.2) is 0 Å². The Bertz CT molecular complexity index is 1030. The van der Waals surface area contributed by atoms with Crippen LogP contribution in [0.1, 0.15) is 37.9 Å². The van der Waals surface area contributed by atoms with Gasteiger partial charge < -0.3 is 10.4 Å². The number of amides is 1. The molecule has 1 amide bonds. The Kier molecular flexibility index (Phi) is 6.79. The molecule has 3 rings (SSSR count). The molecule has 2 heterocycles. The Morgan fingerprint density at radius 2 is 1.97 bits per heavy atom. The summed E-state index contributed by atoms with van der Waals surface area (Å²) < 4.78 is 3.38. The minimum absolute atomic E-state index is 0.0976. The first kappa shape index (κ1) is 21.4. The Morgan fingerprint density at radius 1 is 1.20 bits per heavy atom. The van der Waals surface area contributed by atoms with Gasteiger partial charge in [0, 0.05) is 38.2 Å². The summed E-state index contributed by atoms with van der Waals surface area (Å²) in [6.45, 7) is 4.10. The number of carbonyl (C=O) groups is 1. The van der Waals surface area contributed by atoms with Gasteiger partial charge in [-0.1, -0.05) is 30.3 Å². The number of nitrogens with zero attached hydrogens (tertiary/aromatic N) is 4. The smallest absolute Gasteiger partial charge is 0.220 e. The van der Waals surface area contributed by atoms with Crippen molar-refractivity contribution < 1.29 is 9.90 Å². The molecule has 2 N–H and O–H groups in total. The highest BCUT2D eigenvalue weighted by Crippen LogP contribution is 2.08. The lowest BCUT2D eigenvalue weighted by atomic mass is 10.1. The van der Waals surface area contributed by atoms with Crippen molar-refractivity contribution in [3.63, 3.8) is 0 Å². The van der Waals surface area contributed by atoms with E-state index in [0.717, 1.165) is 11.3 Å². The van der Waals surface area contributed by atoms with Gasteiger partial charge in [-0.05, 0) is 25.8 Å². The Labute approximate surface area is 175 Å². The number of carbonyl (C=O) groups excluding carboxylic acids is 1. The molecule has 0 saturated carbocycles. The van der Waals surface area contributed by atoms with E-state index in [0.29, 0.717) is 31.5 Å². The highest BCUT2D eigenvalue weighted by Gasteiger charge is 2.13. The van der Waals surface area contributed by atoms with Crippen LogP contribution in [0.5, 0.6) is 0 Å². The third-order valence-corrected chi connectivity index (χ3v) is 4.49. The molecule has 0 radical (unpaired) electrons. The van der Waals surface area contributed by atoms with Crippen LogP contribution in [0.15, 0.2) is 59.8 Å². The number of aliphatic hydroxyl groups is 1. The minimum atomic E-state index is -0.921. The Morgan fingerprint density at radius 3 is 2.70 bits per heavy atom. The van der Waals surface area contributed by atoms with Gasteiger partial charge in [-0.25, -0.2) is 4.68 Å². The van der Waals surface area contributed by atoms with E-state index in [4.69, 9.17) is 0 Å². The summed E-state index contributed by atoms with van der Waals surface area (Å²) >= 11 is 0. The molecule has 0 aliphatic rings. The molecule has 3 aromatic rings. The van der Waals surface area contributed by atoms with Crippen LogP contribution in [0.4, 0.5) is 0 Å². The van der Waals surface area contributed by atoms with Crippen LogP contribution < -0.4 is 10.7 Å². The molecule has 0 atom stereocenters. The van der Waals surface area contributed by atoms with Gasteiger partial charge in [0.1, 0.15) is 11.4 Å². The molecule has 1 aromatic carbocycles. The van der Waals surface area contributed by atoms with Gasteiger partial charge in [-0.15, -0.1) is 0 Å². The number of nitrogens with one attached hydrogen (secondary N) is 1. The fourth-order valence-corrected chi connectivity index (χ4v) is 2.90. The first-order valence-corrected chi connectivity index (χ1v) is 9.95. The minimum Gasteiger partial charge on any atom is -0.389 e. The summed E-state index contributed by atoms with van der Waals surface area (Å²) in [4.78, 5) is 24.0. The van der Waals surface area contributed by atoms with Crippen LogP contribution in [0.25, 0.3) is 5.69 Å². The van der Waals surface area contributed by atoms with Crippen molar-refractivity contribution >= 4 is 5.91 Å². The molecule has 0 spiro atoms. The highest BCUT2D eigenvalue weighted by atomic mass is 16.3. The second kappa shape index (κ2) is 9.49. The zero-order valence-electron chi connectivity index (χ0n) is 17.3. The van der Waals surface area contributed by atoms with Crippen molar-refractivity contribution in [3.8, 4) is 5.69 Å². The van der Waals surface area contributed by atoms with Crippen molar-refractivity contribution in [2.75, 3.05) is 6.54 Å². The monoisotopic (exact) mass is 409 g/mol. The lowest BCUT2D eigenvalue weighted by molar-refractivity contribution is -0.122. The molecular weight excluding hydrogens is 382 g/mol. The van der Waals surface area contributed by atoms with E-state index in [1.54, 1.807) is 35.6 Å². The average Bonchev–Trinajstić information content (AvgIpc) is 3.17. The molecule has 0 fully saturated rings. The molecule has 0 unspecified atom stereocenters. The first-order chi connectivity index (χ1) is 14.3. The average molecular weight is 409 g/mol. The molecule has 2 aromatic heterocycles. The van der Waals surface area contributed by atoms with Crippen molar-refractivity contribution in [1.82, 2.24) is 24.9 Å². The van der Waals surface area contributed by atoms with E-state index in [2.05, 4.69) is 15.5 Å². The third-order valence-electron chi connectivity index (χ3n) is 4.49. The van der Waals surface area contributed by atoms with Crippen LogP contribution in [0, 0.1) is 0 Å². The predicted molar refractivity (Wildman–Crippen MR) is 113 cm³/mol.